The summed E-state index contributed by atoms with van der Waals surface area (Å²) in [5.41, 5.74) is 6.82. The average Bonchev–Trinajstić information content (AvgIpc) is 2.31. The molecule has 0 aromatic heterocycles. The van der Waals surface area contributed by atoms with E-state index in [9.17, 15) is 4.39 Å². The van der Waals surface area contributed by atoms with Gasteiger partial charge in [0.05, 0.1) is 6.61 Å². The lowest BCUT2D eigenvalue weighted by atomic mass is 10.1. The summed E-state index contributed by atoms with van der Waals surface area (Å²) in [4.78, 5) is 2.30. The molecule has 0 aliphatic heterocycles. The lowest BCUT2D eigenvalue weighted by Gasteiger charge is -2.24. The van der Waals surface area contributed by atoms with Crippen molar-refractivity contribution in [3.63, 3.8) is 0 Å². The fourth-order valence-corrected chi connectivity index (χ4v) is 1.77. The van der Waals surface area contributed by atoms with Crippen LogP contribution in [0.5, 0.6) is 0 Å². The first-order chi connectivity index (χ1) is 8.45. The van der Waals surface area contributed by atoms with Gasteiger partial charge in [-0.3, -0.25) is 4.90 Å². The van der Waals surface area contributed by atoms with Crippen LogP contribution in [0, 0.1) is 5.82 Å². The third kappa shape index (κ3) is 4.01. The van der Waals surface area contributed by atoms with E-state index in [1.54, 1.807) is 19.2 Å². The van der Waals surface area contributed by atoms with Crippen LogP contribution in [0.4, 0.5) is 4.39 Å². The zero-order valence-electron chi connectivity index (χ0n) is 10.9. The molecule has 0 spiro atoms. The monoisotopic (exact) mass is 270 g/mol. The number of methoxy groups -OCH3 is 1. The van der Waals surface area contributed by atoms with E-state index < -0.39 is 0 Å². The first-order valence-corrected chi connectivity index (χ1v) is 6.14. The van der Waals surface area contributed by atoms with Crippen molar-refractivity contribution in [2.75, 3.05) is 20.8 Å². The van der Waals surface area contributed by atoms with Crippen molar-refractivity contribution < 1.29 is 9.13 Å². The quantitative estimate of drug-likeness (QED) is 0.802. The van der Waals surface area contributed by atoms with Gasteiger partial charge in [-0.2, -0.15) is 0 Å². The molecule has 1 aromatic carbocycles. The number of nitrogens with zero attached hydrogens (tertiary/aromatic N) is 1. The standard InChI is InChI=1S/C13H19FN2OS/c1-9(8-17-3)16(2)7-11-6-10(13(15)18)4-5-12(11)14/h4-6,9H,7-8H2,1-3H3,(H2,15,18). The highest BCUT2D eigenvalue weighted by Crippen LogP contribution is 2.14. The summed E-state index contributed by atoms with van der Waals surface area (Å²) in [6.07, 6.45) is 0. The van der Waals surface area contributed by atoms with E-state index in [-0.39, 0.29) is 16.8 Å². The lowest BCUT2D eigenvalue weighted by Crippen LogP contribution is -2.32. The van der Waals surface area contributed by atoms with E-state index in [0.29, 0.717) is 24.3 Å². The Kier molecular flexibility index (Phi) is 5.65. The maximum absolute atomic E-state index is 13.7. The van der Waals surface area contributed by atoms with E-state index in [2.05, 4.69) is 0 Å². The zero-order chi connectivity index (χ0) is 13.7. The molecule has 5 heteroatoms. The Morgan fingerprint density at radius 2 is 2.22 bits per heavy atom. The van der Waals surface area contributed by atoms with Gasteiger partial charge in [0.15, 0.2) is 0 Å². The van der Waals surface area contributed by atoms with Gasteiger partial charge in [-0.1, -0.05) is 12.2 Å². The highest BCUT2D eigenvalue weighted by molar-refractivity contribution is 7.80. The number of nitrogens with two attached hydrogens (primary N) is 1. The van der Waals surface area contributed by atoms with Crippen molar-refractivity contribution in [3.8, 4) is 0 Å². The number of rotatable bonds is 6. The lowest BCUT2D eigenvalue weighted by molar-refractivity contribution is 0.111. The van der Waals surface area contributed by atoms with E-state index in [0.717, 1.165) is 0 Å². The summed E-state index contributed by atoms with van der Waals surface area (Å²) < 4.78 is 18.8. The van der Waals surface area contributed by atoms with Crippen LogP contribution < -0.4 is 5.73 Å². The van der Waals surface area contributed by atoms with E-state index in [1.165, 1.54) is 6.07 Å². The van der Waals surface area contributed by atoms with E-state index in [1.807, 2.05) is 18.9 Å². The molecule has 0 saturated carbocycles. The van der Waals surface area contributed by atoms with Crippen LogP contribution in [0.2, 0.25) is 0 Å². The molecular formula is C13H19FN2OS. The molecule has 3 nitrogen and oxygen atoms in total. The first-order valence-electron chi connectivity index (χ1n) is 5.73. The van der Waals surface area contributed by atoms with Crippen LogP contribution in [0.3, 0.4) is 0 Å². The fraction of sp³-hybridized carbons (Fsp3) is 0.462. The van der Waals surface area contributed by atoms with E-state index >= 15 is 0 Å². The Balaban J connectivity index is 2.83. The van der Waals surface area contributed by atoms with Gasteiger partial charge in [0, 0.05) is 30.8 Å². The van der Waals surface area contributed by atoms with Crippen LogP contribution >= 0.6 is 12.2 Å². The summed E-state index contributed by atoms with van der Waals surface area (Å²) in [5, 5.41) is 0. The topological polar surface area (TPSA) is 38.5 Å². The van der Waals surface area contributed by atoms with Gasteiger partial charge in [0.25, 0.3) is 0 Å². The summed E-state index contributed by atoms with van der Waals surface area (Å²) in [6, 6.07) is 4.91. The Hall–Kier alpha value is -1.04. The summed E-state index contributed by atoms with van der Waals surface area (Å²) in [6.45, 7) is 3.12. The number of likely N-dealkylation sites (N-methyl/N-ethyl adjacent to an activating group) is 1. The Morgan fingerprint density at radius 3 is 2.78 bits per heavy atom. The minimum atomic E-state index is -0.244. The molecule has 1 unspecified atom stereocenters. The van der Waals surface area contributed by atoms with Crippen LogP contribution in [-0.2, 0) is 11.3 Å². The molecule has 18 heavy (non-hydrogen) atoms. The van der Waals surface area contributed by atoms with Crippen molar-refractivity contribution in [3.05, 3.63) is 35.1 Å². The second kappa shape index (κ2) is 6.78. The summed E-state index contributed by atoms with van der Waals surface area (Å²) in [5.74, 6) is -0.244. The third-order valence-electron chi connectivity index (χ3n) is 2.91. The van der Waals surface area contributed by atoms with Gasteiger partial charge in [0.1, 0.15) is 10.8 Å². The first kappa shape index (κ1) is 15.0. The Morgan fingerprint density at radius 1 is 1.56 bits per heavy atom. The molecule has 0 aliphatic rings. The molecule has 0 aliphatic carbocycles. The molecule has 100 valence electrons. The number of hydrogen-bond donors (Lipinski definition) is 1. The molecule has 0 amide bonds. The summed E-state index contributed by atoms with van der Waals surface area (Å²) >= 11 is 4.89. The smallest absolute Gasteiger partial charge is 0.127 e. The Bertz CT molecular complexity index is 425. The SMILES string of the molecule is COCC(C)N(C)Cc1cc(C(N)=S)ccc1F. The molecule has 0 heterocycles. The molecule has 1 rings (SSSR count). The molecule has 0 radical (unpaired) electrons. The highest BCUT2D eigenvalue weighted by atomic mass is 32.1. The molecule has 0 saturated heterocycles. The Labute approximate surface area is 113 Å². The molecule has 0 fully saturated rings. The maximum atomic E-state index is 13.7. The van der Waals surface area contributed by atoms with Crippen LogP contribution in [-0.4, -0.2) is 36.7 Å². The van der Waals surface area contributed by atoms with Crippen molar-refractivity contribution in [2.45, 2.75) is 19.5 Å². The van der Waals surface area contributed by atoms with Gasteiger partial charge in [-0.25, -0.2) is 4.39 Å². The van der Waals surface area contributed by atoms with Crippen molar-refractivity contribution in [1.29, 1.82) is 0 Å². The molecule has 1 aromatic rings. The van der Waals surface area contributed by atoms with Crippen molar-refractivity contribution in [1.82, 2.24) is 4.90 Å². The fourth-order valence-electron chi connectivity index (χ4n) is 1.64. The predicted octanol–water partition coefficient (Wildman–Crippen LogP) is 1.93. The van der Waals surface area contributed by atoms with Gasteiger partial charge < -0.3 is 10.5 Å². The van der Waals surface area contributed by atoms with Crippen LogP contribution in [0.1, 0.15) is 18.1 Å². The van der Waals surface area contributed by atoms with Crippen LogP contribution in [0.15, 0.2) is 18.2 Å². The molecular weight excluding hydrogens is 251 g/mol. The van der Waals surface area contributed by atoms with Gasteiger partial charge in [-0.05, 0) is 32.2 Å². The minimum Gasteiger partial charge on any atom is -0.389 e. The molecule has 2 N–H and O–H groups in total. The summed E-state index contributed by atoms with van der Waals surface area (Å²) in [7, 11) is 3.58. The number of thiocarbonyl (C=S) groups is 1. The largest absolute Gasteiger partial charge is 0.389 e. The van der Waals surface area contributed by atoms with Crippen molar-refractivity contribution in [2.24, 2.45) is 5.73 Å². The predicted molar refractivity (Wildman–Crippen MR) is 75.1 cm³/mol. The number of benzene rings is 1. The third-order valence-corrected chi connectivity index (χ3v) is 3.15. The molecule has 0 bridgehead atoms. The second-order valence-electron chi connectivity index (χ2n) is 4.39. The normalized spacial score (nSPS) is 12.7. The minimum absolute atomic E-state index is 0.211. The van der Waals surface area contributed by atoms with Crippen LogP contribution in [0.25, 0.3) is 0 Å². The van der Waals surface area contributed by atoms with Crippen molar-refractivity contribution >= 4 is 17.2 Å². The van der Waals surface area contributed by atoms with Gasteiger partial charge in [0.2, 0.25) is 0 Å². The zero-order valence-corrected chi connectivity index (χ0v) is 11.8. The average molecular weight is 270 g/mol. The van der Waals surface area contributed by atoms with E-state index in [4.69, 9.17) is 22.7 Å². The van der Waals surface area contributed by atoms with Gasteiger partial charge in [-0.15, -0.1) is 0 Å². The second-order valence-corrected chi connectivity index (χ2v) is 4.83. The molecule has 1 atom stereocenters. The number of hydrogen-bond acceptors (Lipinski definition) is 3. The number of ether oxygens (including phenoxy) is 1. The maximum Gasteiger partial charge on any atom is 0.127 e. The number of halogens is 1. The highest BCUT2D eigenvalue weighted by Gasteiger charge is 2.12. The van der Waals surface area contributed by atoms with Gasteiger partial charge >= 0.3 is 0 Å².